The highest BCUT2D eigenvalue weighted by Gasteiger charge is 2.38. The van der Waals surface area contributed by atoms with E-state index >= 15 is 0 Å². The van der Waals surface area contributed by atoms with Crippen molar-refractivity contribution < 1.29 is 32.6 Å². The summed E-state index contributed by atoms with van der Waals surface area (Å²) in [6, 6.07) is 9.14. The normalized spacial score (nSPS) is 10.9. The number of hydrogen-bond acceptors (Lipinski definition) is 6. The van der Waals surface area contributed by atoms with Gasteiger partial charge in [0.1, 0.15) is 12.4 Å². The number of carbonyl (C=O) groups is 2. The Morgan fingerprint density at radius 1 is 1.30 bits per heavy atom. The fraction of sp³-hybridized carbons (Fsp3) is 0.250. The van der Waals surface area contributed by atoms with Gasteiger partial charge in [0.25, 0.3) is 5.91 Å². The van der Waals surface area contributed by atoms with Crippen LogP contribution in [0, 0.1) is 6.92 Å². The number of anilines is 1. The minimum absolute atomic E-state index is 0.152. The summed E-state index contributed by atoms with van der Waals surface area (Å²) in [7, 11) is 1.80. The van der Waals surface area contributed by atoms with E-state index in [0.717, 1.165) is 10.4 Å². The molecule has 0 aliphatic rings. The van der Waals surface area contributed by atoms with Crippen molar-refractivity contribution in [3.8, 4) is 17.0 Å². The zero-order chi connectivity index (χ0) is 24.8. The second kappa shape index (κ2) is 11.2. The lowest BCUT2D eigenvalue weighted by Gasteiger charge is -2.14. The monoisotopic (exact) mass is 504 g/mol. The van der Waals surface area contributed by atoms with Crippen molar-refractivity contribution in [2.24, 2.45) is 12.8 Å². The number of thiophene rings is 1. The van der Waals surface area contributed by atoms with Crippen LogP contribution in [-0.4, -0.2) is 46.1 Å². The molecule has 0 aliphatic carbocycles. The number of nitrogens with zero attached hydrogens (tertiary/aromatic N) is 2. The Kier molecular flexibility index (Phi) is 8.85. The van der Waals surface area contributed by atoms with Gasteiger partial charge in [-0.05, 0) is 37.3 Å². The SMILES string of the molecule is Cc1ccc(C(=O)Nc2ccc(OCCN)c(-c3c(Cl)cnn3C)c2)s1.O=C(O)C(F)(F)F. The number of nitrogens with one attached hydrogen (secondary N) is 1. The highest BCUT2D eigenvalue weighted by molar-refractivity contribution is 7.14. The minimum Gasteiger partial charge on any atom is -0.492 e. The molecule has 2 aromatic heterocycles. The van der Waals surface area contributed by atoms with Crippen LogP contribution in [0.2, 0.25) is 5.02 Å². The molecule has 3 aromatic rings. The standard InChI is InChI=1S/C18H19ClN4O2S.C2HF3O2/c1-11-3-6-16(26-11)18(24)22-12-4-5-15(25-8-7-20)13(9-12)17-14(19)10-21-23(17)2;3-2(4,5)1(6)7/h3-6,9-10H,7-8,20H2,1-2H3,(H,22,24);(H,6,7). The number of aromatic nitrogens is 2. The predicted molar refractivity (Wildman–Crippen MR) is 119 cm³/mol. The van der Waals surface area contributed by atoms with Crippen LogP contribution in [-0.2, 0) is 11.8 Å². The van der Waals surface area contributed by atoms with E-state index in [0.29, 0.717) is 40.2 Å². The molecule has 0 saturated heterocycles. The largest absolute Gasteiger partial charge is 0.492 e. The van der Waals surface area contributed by atoms with Crippen molar-refractivity contribution in [3.63, 3.8) is 0 Å². The number of carboxylic acid groups (broad SMARTS) is 1. The molecule has 3 rings (SSSR count). The maximum absolute atomic E-state index is 12.4. The molecule has 13 heteroatoms. The van der Waals surface area contributed by atoms with Gasteiger partial charge in [-0.15, -0.1) is 11.3 Å². The molecule has 8 nitrogen and oxygen atoms in total. The summed E-state index contributed by atoms with van der Waals surface area (Å²) in [5.74, 6) is -2.28. The summed E-state index contributed by atoms with van der Waals surface area (Å²) in [4.78, 5) is 23.1. The highest BCUT2D eigenvalue weighted by atomic mass is 35.5. The Labute approximate surface area is 195 Å². The molecule has 1 aromatic carbocycles. The van der Waals surface area contributed by atoms with E-state index in [9.17, 15) is 18.0 Å². The Hall–Kier alpha value is -3.09. The van der Waals surface area contributed by atoms with E-state index in [4.69, 9.17) is 32.0 Å². The molecule has 33 heavy (non-hydrogen) atoms. The third-order valence-electron chi connectivity index (χ3n) is 3.97. The average molecular weight is 505 g/mol. The first-order valence-electron chi connectivity index (χ1n) is 9.26. The number of aliphatic carboxylic acids is 1. The molecule has 4 N–H and O–H groups in total. The minimum atomic E-state index is -5.08. The number of alkyl halides is 3. The van der Waals surface area contributed by atoms with Crippen LogP contribution in [0.25, 0.3) is 11.3 Å². The van der Waals surface area contributed by atoms with Gasteiger partial charge < -0.3 is 20.9 Å². The van der Waals surface area contributed by atoms with Gasteiger partial charge in [0.15, 0.2) is 0 Å². The fourth-order valence-corrected chi connectivity index (χ4v) is 3.58. The molecule has 0 fully saturated rings. The summed E-state index contributed by atoms with van der Waals surface area (Å²) in [6.07, 6.45) is -3.51. The highest BCUT2D eigenvalue weighted by Crippen LogP contribution is 2.36. The third-order valence-corrected chi connectivity index (χ3v) is 5.24. The van der Waals surface area contributed by atoms with Gasteiger partial charge in [-0.25, -0.2) is 4.79 Å². The maximum Gasteiger partial charge on any atom is 0.490 e. The number of aryl methyl sites for hydroxylation is 2. The van der Waals surface area contributed by atoms with Crippen molar-refractivity contribution in [2.45, 2.75) is 13.1 Å². The number of ether oxygens (including phenoxy) is 1. The van der Waals surface area contributed by atoms with Crippen LogP contribution < -0.4 is 15.8 Å². The Bertz CT molecular complexity index is 1110. The maximum atomic E-state index is 12.4. The number of rotatable bonds is 6. The average Bonchev–Trinajstić information content (AvgIpc) is 3.32. The summed E-state index contributed by atoms with van der Waals surface area (Å²) in [6.45, 7) is 2.74. The van der Waals surface area contributed by atoms with E-state index in [1.807, 2.05) is 25.1 Å². The van der Waals surface area contributed by atoms with Gasteiger partial charge in [-0.3, -0.25) is 9.48 Å². The van der Waals surface area contributed by atoms with E-state index in [2.05, 4.69) is 10.4 Å². The van der Waals surface area contributed by atoms with Crippen molar-refractivity contribution in [2.75, 3.05) is 18.5 Å². The number of benzene rings is 1. The summed E-state index contributed by atoms with van der Waals surface area (Å²) in [5, 5.41) is 14.7. The first-order chi connectivity index (χ1) is 15.4. The van der Waals surface area contributed by atoms with Crippen LogP contribution >= 0.6 is 22.9 Å². The van der Waals surface area contributed by atoms with Crippen LogP contribution in [0.1, 0.15) is 14.5 Å². The topological polar surface area (TPSA) is 119 Å². The third kappa shape index (κ3) is 7.20. The molecule has 1 amide bonds. The lowest BCUT2D eigenvalue weighted by molar-refractivity contribution is -0.192. The number of nitrogens with two attached hydrogens (primary N) is 1. The number of hydrogen-bond donors (Lipinski definition) is 3. The van der Waals surface area contributed by atoms with Crippen molar-refractivity contribution in [1.82, 2.24) is 9.78 Å². The molecule has 0 aliphatic heterocycles. The van der Waals surface area contributed by atoms with Crippen LogP contribution in [0.4, 0.5) is 18.9 Å². The second-order valence-corrected chi connectivity index (χ2v) is 8.18. The molecule has 0 spiro atoms. The quantitative estimate of drug-likeness (QED) is 0.459. The van der Waals surface area contributed by atoms with E-state index in [1.165, 1.54) is 11.3 Å². The summed E-state index contributed by atoms with van der Waals surface area (Å²) >= 11 is 7.74. The van der Waals surface area contributed by atoms with E-state index in [1.54, 1.807) is 30.1 Å². The van der Waals surface area contributed by atoms with Gasteiger partial charge in [-0.2, -0.15) is 18.3 Å². The van der Waals surface area contributed by atoms with Gasteiger partial charge in [0.05, 0.1) is 21.8 Å². The molecule has 0 bridgehead atoms. The molecular weight excluding hydrogens is 485 g/mol. The zero-order valence-corrected chi connectivity index (χ0v) is 19.0. The molecule has 2 heterocycles. The number of carboxylic acids is 1. The summed E-state index contributed by atoms with van der Waals surface area (Å²) in [5.41, 5.74) is 7.64. The lowest BCUT2D eigenvalue weighted by Crippen LogP contribution is -2.21. The number of amides is 1. The van der Waals surface area contributed by atoms with Gasteiger partial charge in [-0.1, -0.05) is 11.6 Å². The second-order valence-electron chi connectivity index (χ2n) is 6.48. The number of halogens is 4. The van der Waals surface area contributed by atoms with Gasteiger partial charge >= 0.3 is 12.1 Å². The molecule has 0 atom stereocenters. The van der Waals surface area contributed by atoms with Crippen molar-refractivity contribution in [3.05, 3.63) is 51.3 Å². The van der Waals surface area contributed by atoms with Crippen LogP contribution in [0.5, 0.6) is 5.75 Å². The fourth-order valence-electron chi connectivity index (χ4n) is 2.55. The molecule has 178 valence electrons. The lowest BCUT2D eigenvalue weighted by atomic mass is 10.1. The molecule has 0 saturated carbocycles. The van der Waals surface area contributed by atoms with E-state index < -0.39 is 12.1 Å². The van der Waals surface area contributed by atoms with E-state index in [-0.39, 0.29) is 5.91 Å². The van der Waals surface area contributed by atoms with Gasteiger partial charge in [0.2, 0.25) is 0 Å². The molecule has 0 unspecified atom stereocenters. The molecular formula is C20H20ClF3N4O4S. The zero-order valence-electron chi connectivity index (χ0n) is 17.4. The van der Waals surface area contributed by atoms with Crippen LogP contribution in [0.15, 0.2) is 36.5 Å². The first kappa shape index (κ1) is 26.2. The Balaban J connectivity index is 0.000000479. The van der Waals surface area contributed by atoms with Crippen molar-refractivity contribution in [1.29, 1.82) is 0 Å². The van der Waals surface area contributed by atoms with Crippen molar-refractivity contribution >= 4 is 40.5 Å². The Morgan fingerprint density at radius 3 is 2.45 bits per heavy atom. The smallest absolute Gasteiger partial charge is 0.490 e. The predicted octanol–water partition coefficient (Wildman–Crippen LogP) is 4.33. The number of carbonyl (C=O) groups excluding carboxylic acids is 1. The van der Waals surface area contributed by atoms with Gasteiger partial charge in [0, 0.05) is 29.7 Å². The molecule has 0 radical (unpaired) electrons. The first-order valence-corrected chi connectivity index (χ1v) is 10.5. The summed E-state index contributed by atoms with van der Waals surface area (Å²) < 4.78 is 39.1. The van der Waals surface area contributed by atoms with Crippen LogP contribution in [0.3, 0.4) is 0 Å². The Morgan fingerprint density at radius 2 is 1.97 bits per heavy atom.